The van der Waals surface area contributed by atoms with E-state index in [-0.39, 0.29) is 5.41 Å². The van der Waals surface area contributed by atoms with E-state index in [1.165, 1.54) is 5.56 Å². The van der Waals surface area contributed by atoms with E-state index < -0.39 is 0 Å². The maximum Gasteiger partial charge on any atom is 0.119 e. The smallest absolute Gasteiger partial charge is 0.119 e. The normalized spacial score (nSPS) is 18.8. The number of thiocarbonyl (C=S) groups is 1. The Balaban J connectivity index is 2.01. The molecule has 110 valence electrons. The molecular formula is C15H21BrN2OS. The standard InChI is InChI=1S/C15H21BrN2OS/c1-15(14(17)20)5-7-18(8-6-15)10-11-9-12(19-2)3-4-13(11)16/h3-4,9H,5-8,10H2,1-2H3,(H2,17,20). The summed E-state index contributed by atoms with van der Waals surface area (Å²) >= 11 is 8.80. The highest BCUT2D eigenvalue weighted by molar-refractivity contribution is 9.10. The Morgan fingerprint density at radius 1 is 1.45 bits per heavy atom. The lowest BCUT2D eigenvalue weighted by Crippen LogP contribution is -2.44. The third kappa shape index (κ3) is 3.51. The minimum absolute atomic E-state index is 0.0252. The molecule has 2 N–H and O–H groups in total. The first kappa shape index (κ1) is 15.7. The van der Waals surface area contributed by atoms with Crippen LogP contribution in [0.2, 0.25) is 0 Å². The second-order valence-corrected chi connectivity index (χ2v) is 6.95. The van der Waals surface area contributed by atoms with E-state index in [0.29, 0.717) is 4.99 Å². The van der Waals surface area contributed by atoms with Gasteiger partial charge >= 0.3 is 0 Å². The summed E-state index contributed by atoms with van der Waals surface area (Å²) in [5.41, 5.74) is 7.13. The quantitative estimate of drug-likeness (QED) is 0.839. The summed E-state index contributed by atoms with van der Waals surface area (Å²) < 4.78 is 6.42. The van der Waals surface area contributed by atoms with Crippen LogP contribution in [-0.4, -0.2) is 30.1 Å². The Labute approximate surface area is 134 Å². The van der Waals surface area contributed by atoms with E-state index in [9.17, 15) is 0 Å². The highest BCUT2D eigenvalue weighted by Gasteiger charge is 2.32. The molecule has 0 amide bonds. The number of hydrogen-bond donors (Lipinski definition) is 1. The van der Waals surface area contributed by atoms with Crippen molar-refractivity contribution in [3.8, 4) is 5.75 Å². The molecule has 1 fully saturated rings. The molecule has 2 rings (SSSR count). The Hall–Kier alpha value is -0.650. The summed E-state index contributed by atoms with van der Waals surface area (Å²) in [5.74, 6) is 0.896. The lowest BCUT2D eigenvalue weighted by Gasteiger charge is -2.38. The van der Waals surface area contributed by atoms with Crippen molar-refractivity contribution in [3.05, 3.63) is 28.2 Å². The number of halogens is 1. The maximum absolute atomic E-state index is 5.85. The van der Waals surface area contributed by atoms with Gasteiger partial charge in [-0.05, 0) is 49.7 Å². The third-order valence-electron chi connectivity index (χ3n) is 4.20. The van der Waals surface area contributed by atoms with Crippen molar-refractivity contribution in [1.29, 1.82) is 0 Å². The van der Waals surface area contributed by atoms with Crippen LogP contribution in [0.1, 0.15) is 25.3 Å². The summed E-state index contributed by atoms with van der Waals surface area (Å²) in [6.07, 6.45) is 2.06. The zero-order chi connectivity index (χ0) is 14.8. The van der Waals surface area contributed by atoms with Crippen LogP contribution in [0, 0.1) is 5.41 Å². The fraction of sp³-hybridized carbons (Fsp3) is 0.533. The van der Waals surface area contributed by atoms with Gasteiger partial charge in [0.25, 0.3) is 0 Å². The van der Waals surface area contributed by atoms with E-state index >= 15 is 0 Å². The Morgan fingerprint density at radius 3 is 2.65 bits per heavy atom. The number of benzene rings is 1. The SMILES string of the molecule is COc1ccc(Br)c(CN2CCC(C)(C(N)=S)CC2)c1. The molecule has 0 aromatic heterocycles. The number of methoxy groups -OCH3 is 1. The average Bonchev–Trinajstić information content (AvgIpc) is 2.43. The van der Waals surface area contributed by atoms with E-state index in [1.807, 2.05) is 12.1 Å². The predicted molar refractivity (Wildman–Crippen MR) is 90.1 cm³/mol. The fourth-order valence-corrected chi connectivity index (χ4v) is 3.07. The molecule has 0 radical (unpaired) electrons. The number of ether oxygens (including phenoxy) is 1. The summed E-state index contributed by atoms with van der Waals surface area (Å²) in [6.45, 7) is 5.15. The van der Waals surface area contributed by atoms with Crippen LogP contribution in [0.4, 0.5) is 0 Å². The molecular weight excluding hydrogens is 336 g/mol. The summed E-state index contributed by atoms with van der Waals surface area (Å²) in [7, 11) is 1.70. The van der Waals surface area contributed by atoms with Crippen LogP contribution in [0.15, 0.2) is 22.7 Å². The van der Waals surface area contributed by atoms with E-state index in [1.54, 1.807) is 7.11 Å². The molecule has 1 saturated heterocycles. The van der Waals surface area contributed by atoms with Crippen molar-refractivity contribution < 1.29 is 4.74 Å². The van der Waals surface area contributed by atoms with Crippen LogP contribution in [0.3, 0.4) is 0 Å². The molecule has 0 unspecified atom stereocenters. The number of rotatable bonds is 4. The molecule has 20 heavy (non-hydrogen) atoms. The Kier molecular flexibility index (Phi) is 5.04. The van der Waals surface area contributed by atoms with Crippen LogP contribution in [0.25, 0.3) is 0 Å². The van der Waals surface area contributed by atoms with Gasteiger partial charge in [0, 0.05) is 16.4 Å². The average molecular weight is 357 g/mol. The van der Waals surface area contributed by atoms with Gasteiger partial charge in [0.05, 0.1) is 12.1 Å². The maximum atomic E-state index is 5.85. The molecule has 0 bridgehead atoms. The van der Waals surface area contributed by atoms with Gasteiger partial charge in [-0.15, -0.1) is 0 Å². The second kappa shape index (κ2) is 6.41. The molecule has 1 heterocycles. The van der Waals surface area contributed by atoms with Crippen molar-refractivity contribution in [1.82, 2.24) is 4.90 Å². The van der Waals surface area contributed by atoms with E-state index in [2.05, 4.69) is 33.8 Å². The van der Waals surface area contributed by atoms with Gasteiger partial charge in [0.1, 0.15) is 5.75 Å². The van der Waals surface area contributed by atoms with Gasteiger partial charge in [-0.25, -0.2) is 0 Å². The first-order valence-electron chi connectivity index (χ1n) is 6.79. The highest BCUT2D eigenvalue weighted by atomic mass is 79.9. The lowest BCUT2D eigenvalue weighted by atomic mass is 9.80. The van der Waals surface area contributed by atoms with Crippen molar-refractivity contribution in [3.63, 3.8) is 0 Å². The molecule has 1 aliphatic heterocycles. The first-order valence-corrected chi connectivity index (χ1v) is 7.99. The van der Waals surface area contributed by atoms with Crippen molar-refractivity contribution in [2.45, 2.75) is 26.3 Å². The zero-order valence-corrected chi connectivity index (χ0v) is 14.4. The van der Waals surface area contributed by atoms with Crippen LogP contribution >= 0.6 is 28.1 Å². The molecule has 1 aliphatic rings. The predicted octanol–water partition coefficient (Wildman–Crippen LogP) is 3.35. The minimum atomic E-state index is 0.0252. The van der Waals surface area contributed by atoms with Crippen molar-refractivity contribution in [2.24, 2.45) is 11.1 Å². The zero-order valence-electron chi connectivity index (χ0n) is 12.0. The summed E-state index contributed by atoms with van der Waals surface area (Å²) in [4.78, 5) is 3.10. The van der Waals surface area contributed by atoms with Gasteiger partial charge in [-0.2, -0.15) is 0 Å². The molecule has 0 aliphatic carbocycles. The van der Waals surface area contributed by atoms with Crippen LogP contribution in [-0.2, 0) is 6.54 Å². The Bertz CT molecular complexity index is 499. The molecule has 0 atom stereocenters. The van der Waals surface area contributed by atoms with Crippen LogP contribution < -0.4 is 10.5 Å². The number of hydrogen-bond acceptors (Lipinski definition) is 3. The van der Waals surface area contributed by atoms with Crippen molar-refractivity contribution in [2.75, 3.05) is 20.2 Å². The number of nitrogens with two attached hydrogens (primary N) is 1. The third-order valence-corrected chi connectivity index (χ3v) is 5.47. The van der Waals surface area contributed by atoms with E-state index in [4.69, 9.17) is 22.7 Å². The molecule has 0 saturated carbocycles. The van der Waals surface area contributed by atoms with Gasteiger partial charge in [0.15, 0.2) is 0 Å². The molecule has 1 aromatic rings. The highest BCUT2D eigenvalue weighted by Crippen LogP contribution is 2.32. The molecule has 1 aromatic carbocycles. The van der Waals surface area contributed by atoms with Gasteiger partial charge in [-0.1, -0.05) is 35.1 Å². The van der Waals surface area contributed by atoms with E-state index in [0.717, 1.165) is 42.7 Å². The largest absolute Gasteiger partial charge is 0.497 e. The number of likely N-dealkylation sites (tertiary alicyclic amines) is 1. The topological polar surface area (TPSA) is 38.5 Å². The molecule has 3 nitrogen and oxygen atoms in total. The second-order valence-electron chi connectivity index (χ2n) is 5.66. The fourth-order valence-electron chi connectivity index (χ4n) is 2.49. The number of nitrogens with zero attached hydrogens (tertiary/aromatic N) is 1. The Morgan fingerprint density at radius 2 is 2.10 bits per heavy atom. The number of piperidine rings is 1. The van der Waals surface area contributed by atoms with Crippen LogP contribution in [0.5, 0.6) is 5.75 Å². The lowest BCUT2D eigenvalue weighted by molar-refractivity contribution is 0.157. The van der Waals surface area contributed by atoms with Crippen molar-refractivity contribution >= 4 is 33.1 Å². The molecule has 5 heteroatoms. The first-order chi connectivity index (χ1) is 9.44. The monoisotopic (exact) mass is 356 g/mol. The van der Waals surface area contributed by atoms with Gasteiger partial charge < -0.3 is 10.5 Å². The summed E-state index contributed by atoms with van der Waals surface area (Å²) in [5, 5.41) is 0. The summed E-state index contributed by atoms with van der Waals surface area (Å²) in [6, 6.07) is 6.09. The molecule has 0 spiro atoms. The van der Waals surface area contributed by atoms with Gasteiger partial charge in [0.2, 0.25) is 0 Å². The minimum Gasteiger partial charge on any atom is -0.497 e. The van der Waals surface area contributed by atoms with Gasteiger partial charge in [-0.3, -0.25) is 4.90 Å².